The fourth-order valence-electron chi connectivity index (χ4n) is 3.87. The molecule has 0 aliphatic carbocycles. The SMILES string of the molecule is C=CI(CCI(C=C)CP(c1ccccc1)c1ccccc1)CP(c1ccccc1)c1ccccc1. The third-order valence-corrected chi connectivity index (χ3v) is 28.3. The molecule has 0 radical (unpaired) electrons. The summed E-state index contributed by atoms with van der Waals surface area (Å²) in [5.74, 6) is 0. The fraction of sp³-hybridized carbons (Fsp3) is 0.125. The molecule has 0 nitrogen and oxygen atoms in total. The van der Waals surface area contributed by atoms with Crippen LogP contribution in [-0.2, 0) is 0 Å². The predicted molar refractivity (Wildman–Crippen MR) is 186 cm³/mol. The Morgan fingerprint density at radius 2 is 0.694 bits per heavy atom. The molecule has 0 N–H and O–H groups in total. The summed E-state index contributed by atoms with van der Waals surface area (Å²) in [7, 11) is -0.652. The molecule has 4 aromatic carbocycles. The van der Waals surface area contributed by atoms with Gasteiger partial charge in [-0.15, -0.1) is 0 Å². The van der Waals surface area contributed by atoms with Crippen LogP contribution < -0.4 is 21.2 Å². The van der Waals surface area contributed by atoms with E-state index in [4.69, 9.17) is 0 Å². The summed E-state index contributed by atoms with van der Waals surface area (Å²) in [6, 6.07) is 44.6. The Kier molecular flexibility index (Phi) is 11.7. The maximum atomic E-state index is 4.34. The maximum absolute atomic E-state index is 4.34. The van der Waals surface area contributed by atoms with Crippen LogP contribution in [0.25, 0.3) is 0 Å². The van der Waals surface area contributed by atoms with Gasteiger partial charge in [0, 0.05) is 0 Å². The summed E-state index contributed by atoms with van der Waals surface area (Å²) in [4.78, 5) is 0. The van der Waals surface area contributed by atoms with Crippen LogP contribution in [0.4, 0.5) is 0 Å². The number of hydrogen-bond acceptors (Lipinski definition) is 0. The zero-order valence-corrected chi connectivity index (χ0v) is 26.7. The van der Waals surface area contributed by atoms with E-state index in [1.165, 1.54) is 38.4 Å². The normalized spacial score (nSPS) is 11.8. The van der Waals surface area contributed by atoms with Crippen LogP contribution in [0.2, 0.25) is 0 Å². The zero-order valence-electron chi connectivity index (χ0n) is 20.6. The van der Waals surface area contributed by atoms with Gasteiger partial charge in [0.05, 0.1) is 0 Å². The third kappa shape index (κ3) is 8.09. The summed E-state index contributed by atoms with van der Waals surface area (Å²) in [5, 5.41) is 5.99. The number of hydrogen-bond donors (Lipinski definition) is 0. The number of alkyl halides is 4. The van der Waals surface area contributed by atoms with Crippen LogP contribution >= 0.6 is 55.5 Å². The molecule has 186 valence electrons. The molecule has 0 amide bonds. The van der Waals surface area contributed by atoms with Crippen molar-refractivity contribution in [1.82, 2.24) is 0 Å². The molecule has 0 atom stereocenters. The monoisotopic (exact) mass is 734 g/mol. The Balaban J connectivity index is 1.47. The molecule has 0 aliphatic heterocycles. The van der Waals surface area contributed by atoms with Crippen molar-refractivity contribution in [2.24, 2.45) is 0 Å². The Morgan fingerprint density at radius 1 is 0.444 bits per heavy atom. The van der Waals surface area contributed by atoms with Gasteiger partial charge in [0.25, 0.3) is 0 Å². The van der Waals surface area contributed by atoms with E-state index >= 15 is 0 Å². The van der Waals surface area contributed by atoms with Gasteiger partial charge in [-0.3, -0.25) is 0 Å². The minimum atomic E-state index is -1.29. The first-order valence-corrected chi connectivity index (χ1v) is 23.6. The summed E-state index contributed by atoms with van der Waals surface area (Å²) in [5.41, 5.74) is 0. The summed E-state index contributed by atoms with van der Waals surface area (Å²) in [6.07, 6.45) is 0. The molecule has 0 bridgehead atoms. The van der Waals surface area contributed by atoms with Crippen LogP contribution in [0.15, 0.2) is 143 Å². The standard InChI is InChI=1S/C32H34I2P2/c1-3-33(27-35(29-17-9-5-10-18-29)30-19-11-6-12-20-30)25-26-34(4-2)28-36(31-21-13-7-14-22-31)32-23-15-8-16-24-32/h3-24H,1-2,25-28H2. The van der Waals surface area contributed by atoms with Crippen LogP contribution in [0.5, 0.6) is 0 Å². The second-order valence-corrected chi connectivity index (χ2v) is 26.1. The van der Waals surface area contributed by atoms with Gasteiger partial charge in [0.15, 0.2) is 0 Å². The zero-order chi connectivity index (χ0) is 25.0. The van der Waals surface area contributed by atoms with E-state index < -0.39 is 39.6 Å². The fourth-order valence-corrected chi connectivity index (χ4v) is 30.8. The molecule has 0 heterocycles. The number of rotatable bonds is 13. The van der Waals surface area contributed by atoms with E-state index in [2.05, 4.69) is 143 Å². The first kappa shape index (κ1) is 27.7. The quantitative estimate of drug-likeness (QED) is 0.0735. The van der Waals surface area contributed by atoms with Crippen molar-refractivity contribution in [3.63, 3.8) is 0 Å². The van der Waals surface area contributed by atoms with Gasteiger partial charge in [-0.05, 0) is 0 Å². The van der Waals surface area contributed by atoms with Crippen molar-refractivity contribution < 1.29 is 0 Å². The molecular formula is C32H34I2P2. The van der Waals surface area contributed by atoms with Gasteiger partial charge < -0.3 is 0 Å². The average Bonchev–Trinajstić information content (AvgIpc) is 2.96. The van der Waals surface area contributed by atoms with E-state index in [1.807, 2.05) is 0 Å². The third-order valence-electron chi connectivity index (χ3n) is 5.81. The second-order valence-electron chi connectivity index (χ2n) is 8.12. The summed E-state index contributed by atoms with van der Waals surface area (Å²) >= 11 is -2.58. The average molecular weight is 734 g/mol. The molecule has 36 heavy (non-hydrogen) atoms. The van der Waals surface area contributed by atoms with Gasteiger partial charge in [-0.25, -0.2) is 0 Å². The van der Waals surface area contributed by atoms with Crippen molar-refractivity contribution in [2.45, 2.75) is 0 Å². The summed E-state index contributed by atoms with van der Waals surface area (Å²) < 4.78 is 10.1. The number of halogens is 2. The van der Waals surface area contributed by atoms with E-state index in [-0.39, 0.29) is 15.8 Å². The Hall–Kier alpha value is -1.32. The molecule has 0 saturated carbocycles. The van der Waals surface area contributed by atoms with Gasteiger partial charge >= 0.3 is 237 Å². The molecule has 4 rings (SSSR count). The Labute approximate surface area is 234 Å². The van der Waals surface area contributed by atoms with Crippen molar-refractivity contribution in [3.8, 4) is 0 Å². The van der Waals surface area contributed by atoms with Crippen LogP contribution in [-0.4, -0.2) is 17.2 Å². The molecule has 0 aromatic heterocycles. The van der Waals surface area contributed by atoms with Crippen molar-refractivity contribution in [3.05, 3.63) is 143 Å². The van der Waals surface area contributed by atoms with Crippen molar-refractivity contribution in [1.29, 1.82) is 0 Å². The summed E-state index contributed by atoms with van der Waals surface area (Å²) in [6.45, 7) is 8.67. The first-order valence-electron chi connectivity index (χ1n) is 12.0. The van der Waals surface area contributed by atoms with Crippen molar-refractivity contribution in [2.75, 3.05) is 17.2 Å². The van der Waals surface area contributed by atoms with Gasteiger partial charge in [0.2, 0.25) is 0 Å². The number of benzene rings is 4. The molecule has 0 spiro atoms. The molecule has 0 fully saturated rings. The van der Waals surface area contributed by atoms with E-state index in [0.29, 0.717) is 0 Å². The first-order chi connectivity index (χ1) is 17.8. The van der Waals surface area contributed by atoms with Gasteiger partial charge in [0.1, 0.15) is 0 Å². The van der Waals surface area contributed by atoms with Crippen LogP contribution in [0.3, 0.4) is 0 Å². The molecule has 4 heteroatoms. The van der Waals surface area contributed by atoms with Crippen LogP contribution in [0.1, 0.15) is 0 Å². The molecule has 0 unspecified atom stereocenters. The molecule has 0 saturated heterocycles. The van der Waals surface area contributed by atoms with Crippen LogP contribution in [0, 0.1) is 0 Å². The molecule has 0 aliphatic rings. The van der Waals surface area contributed by atoms with Gasteiger partial charge in [-0.2, -0.15) is 0 Å². The van der Waals surface area contributed by atoms with Gasteiger partial charge in [-0.1, -0.05) is 0 Å². The van der Waals surface area contributed by atoms with E-state index in [0.717, 1.165) is 0 Å². The predicted octanol–water partition coefficient (Wildman–Crippen LogP) is 8.47. The van der Waals surface area contributed by atoms with E-state index in [9.17, 15) is 0 Å². The molecule has 4 aromatic rings. The topological polar surface area (TPSA) is 0 Å². The van der Waals surface area contributed by atoms with E-state index in [1.54, 1.807) is 0 Å². The van der Waals surface area contributed by atoms with Crippen molar-refractivity contribution >= 4 is 76.7 Å². The Bertz CT molecular complexity index is 1010. The Morgan fingerprint density at radius 3 is 0.917 bits per heavy atom. The minimum absolute atomic E-state index is 0.326. The molecular weight excluding hydrogens is 700 g/mol. The second kappa shape index (κ2) is 15.2.